The molecule has 1 saturated heterocycles. The maximum atomic E-state index is 5.41. The minimum absolute atomic E-state index is 0.000193. The molecule has 1 rings (SSSR count). The van der Waals surface area contributed by atoms with E-state index in [2.05, 4.69) is 27.7 Å². The summed E-state index contributed by atoms with van der Waals surface area (Å²) >= 11 is 0. The second-order valence-corrected chi connectivity index (χ2v) is 4.56. The quantitative estimate of drug-likeness (QED) is 0.509. The van der Waals surface area contributed by atoms with Crippen molar-refractivity contribution in [1.29, 1.82) is 0 Å². The second kappa shape index (κ2) is 2.44. The van der Waals surface area contributed by atoms with Crippen molar-refractivity contribution in [2.24, 2.45) is 0 Å². The fourth-order valence-electron chi connectivity index (χ4n) is 1.34. The molecule has 0 bridgehead atoms. The molecule has 0 N–H and O–H groups in total. The van der Waals surface area contributed by atoms with Gasteiger partial charge in [-0.1, -0.05) is 0 Å². The van der Waals surface area contributed by atoms with Crippen molar-refractivity contribution in [3.8, 4) is 0 Å². The van der Waals surface area contributed by atoms with Gasteiger partial charge in [0.05, 0.1) is 11.2 Å². The Bertz CT molecular complexity index is 118. The molecule has 0 aromatic carbocycles. The number of rotatable bonds is 0. The van der Waals surface area contributed by atoms with Crippen LogP contribution in [-0.4, -0.2) is 11.2 Å². The van der Waals surface area contributed by atoms with Crippen LogP contribution in [-0.2, 0) is 9.05 Å². The smallest absolute Gasteiger partial charge is 0.156 e. The van der Waals surface area contributed by atoms with Crippen LogP contribution in [0.3, 0.4) is 0 Å². The van der Waals surface area contributed by atoms with Gasteiger partial charge in [0.25, 0.3) is 0 Å². The lowest BCUT2D eigenvalue weighted by Crippen LogP contribution is -2.38. The van der Waals surface area contributed by atoms with Gasteiger partial charge in [-0.2, -0.15) is 0 Å². The molecule has 1 heterocycles. The Morgan fingerprint density at radius 1 is 1.00 bits per heavy atom. The molecule has 0 saturated carbocycles. The average molecular weight is 162 g/mol. The van der Waals surface area contributed by atoms with E-state index in [1.54, 1.807) is 0 Å². The van der Waals surface area contributed by atoms with Crippen molar-refractivity contribution in [2.75, 3.05) is 0 Å². The predicted molar refractivity (Wildman–Crippen MR) is 43.3 cm³/mol. The van der Waals surface area contributed by atoms with Crippen molar-refractivity contribution in [1.82, 2.24) is 0 Å². The molecule has 0 radical (unpaired) electrons. The maximum absolute atomic E-state index is 5.41. The summed E-state index contributed by atoms with van der Waals surface area (Å²) in [6, 6.07) is 0. The molecule has 0 aromatic rings. The summed E-state index contributed by atoms with van der Waals surface area (Å²) in [5, 5.41) is 0. The highest BCUT2D eigenvalue weighted by atomic mass is 31.1. The van der Waals surface area contributed by atoms with Gasteiger partial charge in [-0.15, -0.1) is 0 Å². The van der Waals surface area contributed by atoms with Gasteiger partial charge in [-0.25, -0.2) is 0 Å². The minimum atomic E-state index is 0.000193. The fourth-order valence-corrected chi connectivity index (χ4v) is 1.98. The molecule has 0 spiro atoms. The van der Waals surface area contributed by atoms with Crippen LogP contribution in [0.1, 0.15) is 34.1 Å². The molecule has 3 heteroatoms. The van der Waals surface area contributed by atoms with E-state index in [-0.39, 0.29) is 20.2 Å². The van der Waals surface area contributed by atoms with E-state index in [1.807, 2.05) is 0 Å². The van der Waals surface area contributed by atoms with E-state index < -0.39 is 0 Å². The van der Waals surface area contributed by atoms with Crippen molar-refractivity contribution < 1.29 is 9.05 Å². The van der Waals surface area contributed by atoms with Gasteiger partial charge in [-0.05, 0) is 27.7 Å². The van der Waals surface area contributed by atoms with Gasteiger partial charge in [0.1, 0.15) is 0 Å². The molecule has 1 fully saturated rings. The standard InChI is InChI=1S/C7H15O2P/c1-6(2)5-7(3,4)9-10-8-6/h10H,5H2,1-4H3. The van der Waals surface area contributed by atoms with Crippen molar-refractivity contribution in [2.45, 2.75) is 45.3 Å². The van der Waals surface area contributed by atoms with Gasteiger partial charge in [0, 0.05) is 6.42 Å². The van der Waals surface area contributed by atoms with Crippen LogP contribution < -0.4 is 0 Å². The van der Waals surface area contributed by atoms with Crippen LogP contribution in [0, 0.1) is 0 Å². The van der Waals surface area contributed by atoms with Crippen LogP contribution in [0.25, 0.3) is 0 Å². The van der Waals surface area contributed by atoms with E-state index in [9.17, 15) is 0 Å². The van der Waals surface area contributed by atoms with Crippen LogP contribution in [0.2, 0.25) is 0 Å². The lowest BCUT2D eigenvalue weighted by Gasteiger charge is -2.39. The van der Waals surface area contributed by atoms with Gasteiger partial charge < -0.3 is 9.05 Å². The lowest BCUT2D eigenvalue weighted by atomic mass is 9.93. The van der Waals surface area contributed by atoms with Gasteiger partial charge in [0.15, 0.2) is 9.03 Å². The van der Waals surface area contributed by atoms with E-state index in [1.165, 1.54) is 0 Å². The third kappa shape index (κ3) is 2.19. The Balaban J connectivity index is 2.56. The Labute approximate surface area is 64.2 Å². The van der Waals surface area contributed by atoms with Crippen molar-refractivity contribution >= 4 is 9.03 Å². The van der Waals surface area contributed by atoms with Gasteiger partial charge >= 0.3 is 0 Å². The van der Waals surface area contributed by atoms with Crippen LogP contribution in [0.15, 0.2) is 0 Å². The zero-order valence-electron chi connectivity index (χ0n) is 7.02. The Kier molecular flexibility index (Phi) is 2.06. The molecule has 10 heavy (non-hydrogen) atoms. The van der Waals surface area contributed by atoms with Gasteiger partial charge in [0.2, 0.25) is 0 Å². The largest absolute Gasteiger partial charge is 0.330 e. The molecule has 0 amide bonds. The van der Waals surface area contributed by atoms with Crippen LogP contribution >= 0.6 is 9.03 Å². The van der Waals surface area contributed by atoms with E-state index >= 15 is 0 Å². The first kappa shape index (κ1) is 8.45. The molecule has 0 aromatic heterocycles. The van der Waals surface area contributed by atoms with E-state index in [0.29, 0.717) is 0 Å². The molecule has 0 unspecified atom stereocenters. The summed E-state index contributed by atoms with van der Waals surface area (Å²) in [6.07, 6.45) is 0.965. The average Bonchev–Trinajstić information content (AvgIpc) is 1.56. The number of hydrogen-bond donors (Lipinski definition) is 0. The molecule has 60 valence electrons. The summed E-state index contributed by atoms with van der Waals surface area (Å²) in [7, 11) is 0.204. The zero-order chi connectivity index (χ0) is 7.83. The monoisotopic (exact) mass is 162 g/mol. The van der Waals surface area contributed by atoms with Crippen LogP contribution in [0.4, 0.5) is 0 Å². The predicted octanol–water partition coefficient (Wildman–Crippen LogP) is 2.49. The summed E-state index contributed by atoms with van der Waals surface area (Å²) in [5.41, 5.74) is 0.000386. The Hall–Kier alpha value is 0.350. The van der Waals surface area contributed by atoms with Crippen LogP contribution in [0.5, 0.6) is 0 Å². The molecule has 2 nitrogen and oxygen atoms in total. The molecule has 0 atom stereocenters. The summed E-state index contributed by atoms with van der Waals surface area (Å²) in [6.45, 7) is 8.41. The molecule has 1 aliphatic heterocycles. The Morgan fingerprint density at radius 2 is 1.40 bits per heavy atom. The first-order valence-electron chi connectivity index (χ1n) is 3.52. The van der Waals surface area contributed by atoms with Gasteiger partial charge in [-0.3, -0.25) is 0 Å². The minimum Gasteiger partial charge on any atom is -0.330 e. The van der Waals surface area contributed by atoms with Crippen molar-refractivity contribution in [3.05, 3.63) is 0 Å². The highest BCUT2D eigenvalue weighted by Crippen LogP contribution is 2.41. The van der Waals surface area contributed by atoms with E-state index in [0.717, 1.165) is 6.42 Å². The SMILES string of the molecule is CC1(C)CC(C)(C)OPO1. The summed E-state index contributed by atoms with van der Waals surface area (Å²) in [5.74, 6) is 0. The third-order valence-electron chi connectivity index (χ3n) is 1.49. The molecule has 0 aliphatic carbocycles. The molecular weight excluding hydrogens is 147 g/mol. The first-order valence-corrected chi connectivity index (χ1v) is 4.34. The summed E-state index contributed by atoms with van der Waals surface area (Å²) in [4.78, 5) is 0. The summed E-state index contributed by atoms with van der Waals surface area (Å²) < 4.78 is 10.8. The highest BCUT2D eigenvalue weighted by molar-refractivity contribution is 7.26. The fraction of sp³-hybridized carbons (Fsp3) is 1.00. The lowest BCUT2D eigenvalue weighted by molar-refractivity contribution is -0.0367. The van der Waals surface area contributed by atoms with E-state index in [4.69, 9.17) is 9.05 Å². The normalized spacial score (nSPS) is 30.0. The first-order chi connectivity index (χ1) is 4.41. The Morgan fingerprint density at radius 3 is 1.60 bits per heavy atom. The van der Waals surface area contributed by atoms with Crippen molar-refractivity contribution in [3.63, 3.8) is 0 Å². The zero-order valence-corrected chi connectivity index (χ0v) is 8.02. The second-order valence-electron chi connectivity index (χ2n) is 3.98. The number of hydrogen-bond acceptors (Lipinski definition) is 2. The maximum Gasteiger partial charge on any atom is 0.156 e. The molecular formula is C7H15O2P. The third-order valence-corrected chi connectivity index (χ3v) is 2.76. The highest BCUT2D eigenvalue weighted by Gasteiger charge is 2.35. The molecule has 1 aliphatic rings. The topological polar surface area (TPSA) is 18.5 Å².